The Bertz CT molecular complexity index is 888. The van der Waals surface area contributed by atoms with E-state index in [0.29, 0.717) is 11.3 Å². The van der Waals surface area contributed by atoms with E-state index in [1.807, 2.05) is 31.2 Å². The van der Waals surface area contributed by atoms with Gasteiger partial charge in [0.05, 0.1) is 18.6 Å². The van der Waals surface area contributed by atoms with Crippen molar-refractivity contribution in [3.63, 3.8) is 0 Å². The molecule has 3 rings (SSSR count). The molecule has 3 aromatic rings. The second-order valence-electron chi connectivity index (χ2n) is 6.30. The van der Waals surface area contributed by atoms with E-state index < -0.39 is 0 Å². The lowest BCUT2D eigenvalue weighted by atomic mass is 9.88. The van der Waals surface area contributed by atoms with Crippen molar-refractivity contribution in [1.82, 2.24) is 0 Å². The van der Waals surface area contributed by atoms with Crippen LogP contribution >= 0.6 is 0 Å². The highest BCUT2D eigenvalue weighted by Gasteiger charge is 2.23. The lowest BCUT2D eigenvalue weighted by molar-refractivity contribution is 0.101. The molecule has 0 amide bonds. The number of furan rings is 1. The summed E-state index contributed by atoms with van der Waals surface area (Å²) >= 11 is 0. The van der Waals surface area contributed by atoms with Crippen molar-refractivity contribution in [2.24, 2.45) is 0 Å². The van der Waals surface area contributed by atoms with Crippen LogP contribution in [0.2, 0.25) is 0 Å². The van der Waals surface area contributed by atoms with Crippen LogP contribution in [0.25, 0.3) is 0 Å². The zero-order chi connectivity index (χ0) is 18.0. The predicted molar refractivity (Wildman–Crippen MR) is 98.6 cm³/mol. The smallest absolute Gasteiger partial charge is 0.163 e. The molecule has 0 radical (unpaired) electrons. The van der Waals surface area contributed by atoms with Crippen molar-refractivity contribution in [2.45, 2.75) is 26.7 Å². The molecule has 1 unspecified atom stereocenters. The van der Waals surface area contributed by atoms with E-state index >= 15 is 0 Å². The number of aryl methyl sites for hydroxylation is 2. The molecule has 1 heterocycles. The fourth-order valence-corrected chi connectivity index (χ4v) is 3.10. The molecule has 1 atom stereocenters. The fraction of sp³-hybridized carbons (Fsp3) is 0.227. The molecule has 3 nitrogen and oxygen atoms in total. The number of ether oxygens (including phenoxy) is 1. The van der Waals surface area contributed by atoms with Gasteiger partial charge in [-0.3, -0.25) is 4.79 Å². The van der Waals surface area contributed by atoms with Crippen LogP contribution in [0, 0.1) is 13.8 Å². The van der Waals surface area contributed by atoms with E-state index in [1.165, 1.54) is 5.56 Å². The molecule has 128 valence electrons. The average Bonchev–Trinajstić information content (AvgIpc) is 2.99. The van der Waals surface area contributed by atoms with Crippen LogP contribution in [0.5, 0.6) is 5.75 Å². The number of hydrogen-bond donors (Lipinski definition) is 0. The van der Waals surface area contributed by atoms with Crippen LogP contribution < -0.4 is 4.74 Å². The van der Waals surface area contributed by atoms with E-state index in [0.717, 1.165) is 22.6 Å². The molecule has 0 aliphatic rings. The third-order valence-electron chi connectivity index (χ3n) is 4.44. The molecule has 0 saturated carbocycles. The second kappa shape index (κ2) is 6.98. The molecule has 0 N–H and O–H groups in total. The van der Waals surface area contributed by atoms with Crippen molar-refractivity contribution in [1.29, 1.82) is 0 Å². The number of carbonyl (C=O) groups is 1. The van der Waals surface area contributed by atoms with Gasteiger partial charge >= 0.3 is 0 Å². The van der Waals surface area contributed by atoms with Gasteiger partial charge in [-0.05, 0) is 50.1 Å². The van der Waals surface area contributed by atoms with Gasteiger partial charge in [-0.1, -0.05) is 42.0 Å². The number of methoxy groups -OCH3 is 1. The SMILES string of the molecule is COc1cccc(C(c2ccc(C)cc2)c2cc(C(C)=O)c(C)o2)c1. The number of Topliss-reactive ketones (excluding diaryl/α,β-unsaturated/α-hetero) is 1. The van der Waals surface area contributed by atoms with Crippen molar-refractivity contribution in [3.05, 3.63) is 88.4 Å². The maximum Gasteiger partial charge on any atom is 0.163 e. The molecular weight excluding hydrogens is 312 g/mol. The Morgan fingerprint density at radius 1 is 1.00 bits per heavy atom. The lowest BCUT2D eigenvalue weighted by Crippen LogP contribution is -2.03. The van der Waals surface area contributed by atoms with Gasteiger partial charge in [0.1, 0.15) is 17.3 Å². The maximum absolute atomic E-state index is 11.8. The molecule has 0 fully saturated rings. The number of rotatable bonds is 5. The van der Waals surface area contributed by atoms with Crippen molar-refractivity contribution >= 4 is 5.78 Å². The highest BCUT2D eigenvalue weighted by molar-refractivity contribution is 5.95. The Morgan fingerprint density at radius 2 is 1.72 bits per heavy atom. The zero-order valence-electron chi connectivity index (χ0n) is 15.0. The van der Waals surface area contributed by atoms with Gasteiger partial charge in [0.2, 0.25) is 0 Å². The molecule has 3 heteroatoms. The molecule has 1 aromatic heterocycles. The first-order valence-corrected chi connectivity index (χ1v) is 8.31. The zero-order valence-corrected chi connectivity index (χ0v) is 15.0. The molecule has 0 saturated heterocycles. The summed E-state index contributed by atoms with van der Waals surface area (Å²) in [5.41, 5.74) is 4.01. The lowest BCUT2D eigenvalue weighted by Gasteiger charge is -2.17. The molecule has 0 aliphatic heterocycles. The summed E-state index contributed by atoms with van der Waals surface area (Å²) in [6.45, 7) is 5.46. The van der Waals surface area contributed by atoms with E-state index in [-0.39, 0.29) is 11.7 Å². The number of benzene rings is 2. The van der Waals surface area contributed by atoms with Crippen LogP contribution in [0.3, 0.4) is 0 Å². The van der Waals surface area contributed by atoms with E-state index in [1.54, 1.807) is 14.0 Å². The number of ketones is 1. The van der Waals surface area contributed by atoms with Crippen LogP contribution in [0.4, 0.5) is 0 Å². The Balaban J connectivity index is 2.16. The molecule has 2 aromatic carbocycles. The Morgan fingerprint density at radius 3 is 2.32 bits per heavy atom. The highest BCUT2D eigenvalue weighted by atomic mass is 16.5. The highest BCUT2D eigenvalue weighted by Crippen LogP contribution is 2.35. The van der Waals surface area contributed by atoms with E-state index in [9.17, 15) is 4.79 Å². The summed E-state index contributed by atoms with van der Waals surface area (Å²) in [5, 5.41) is 0. The van der Waals surface area contributed by atoms with Gasteiger partial charge in [-0.25, -0.2) is 0 Å². The first kappa shape index (κ1) is 17.0. The molecule has 25 heavy (non-hydrogen) atoms. The van der Waals surface area contributed by atoms with Crippen molar-refractivity contribution in [3.8, 4) is 5.75 Å². The second-order valence-corrected chi connectivity index (χ2v) is 6.30. The predicted octanol–water partition coefficient (Wildman–Crippen LogP) is 5.29. The van der Waals surface area contributed by atoms with Crippen LogP contribution in [0.15, 0.2) is 59.0 Å². The third kappa shape index (κ3) is 3.50. The summed E-state index contributed by atoms with van der Waals surface area (Å²) in [7, 11) is 1.66. The largest absolute Gasteiger partial charge is 0.497 e. The fourth-order valence-electron chi connectivity index (χ4n) is 3.10. The van der Waals surface area contributed by atoms with Crippen molar-refractivity contribution < 1.29 is 13.9 Å². The third-order valence-corrected chi connectivity index (χ3v) is 4.44. The average molecular weight is 334 g/mol. The minimum Gasteiger partial charge on any atom is -0.497 e. The van der Waals surface area contributed by atoms with Gasteiger partial charge in [0, 0.05) is 0 Å². The quantitative estimate of drug-likeness (QED) is 0.595. The van der Waals surface area contributed by atoms with Gasteiger partial charge in [-0.2, -0.15) is 0 Å². The molecule has 0 aliphatic carbocycles. The molecular formula is C22H22O3. The first-order chi connectivity index (χ1) is 12.0. The summed E-state index contributed by atoms with van der Waals surface area (Å²) in [4.78, 5) is 11.8. The van der Waals surface area contributed by atoms with Gasteiger partial charge < -0.3 is 9.15 Å². The van der Waals surface area contributed by atoms with Gasteiger partial charge in [0.25, 0.3) is 0 Å². The van der Waals surface area contributed by atoms with Crippen LogP contribution in [0.1, 0.15) is 51.4 Å². The Hall–Kier alpha value is -2.81. The summed E-state index contributed by atoms with van der Waals surface area (Å²) in [6, 6.07) is 18.2. The van der Waals surface area contributed by atoms with Gasteiger partial charge in [0.15, 0.2) is 5.78 Å². The topological polar surface area (TPSA) is 39.4 Å². The molecule has 0 spiro atoms. The Kier molecular flexibility index (Phi) is 4.75. The van der Waals surface area contributed by atoms with Crippen LogP contribution in [-0.4, -0.2) is 12.9 Å². The Labute approximate surface area is 148 Å². The van der Waals surface area contributed by atoms with Gasteiger partial charge in [-0.15, -0.1) is 0 Å². The number of hydrogen-bond acceptors (Lipinski definition) is 3. The minimum atomic E-state index is -0.0949. The summed E-state index contributed by atoms with van der Waals surface area (Å²) < 4.78 is 11.4. The summed E-state index contributed by atoms with van der Waals surface area (Å²) in [6.07, 6.45) is 0. The van der Waals surface area contributed by atoms with E-state index in [2.05, 4.69) is 37.3 Å². The van der Waals surface area contributed by atoms with E-state index in [4.69, 9.17) is 9.15 Å². The van der Waals surface area contributed by atoms with Crippen LogP contribution in [-0.2, 0) is 0 Å². The van der Waals surface area contributed by atoms with Crippen molar-refractivity contribution in [2.75, 3.05) is 7.11 Å². The maximum atomic E-state index is 11.8. The molecule has 0 bridgehead atoms. The first-order valence-electron chi connectivity index (χ1n) is 8.31. The summed E-state index contributed by atoms with van der Waals surface area (Å²) in [5.74, 6) is 2.13. The minimum absolute atomic E-state index is 0.0146. The standard InChI is InChI=1S/C22H22O3/c1-14-8-10-17(11-9-14)22(18-6-5-7-19(12-18)24-4)21-13-20(15(2)23)16(3)25-21/h5-13,22H,1-4H3. The monoisotopic (exact) mass is 334 g/mol. The normalized spacial score (nSPS) is 12.0. The number of carbonyl (C=O) groups excluding carboxylic acids is 1.